The van der Waals surface area contributed by atoms with Crippen LogP contribution < -0.4 is 5.32 Å². The van der Waals surface area contributed by atoms with Crippen LogP contribution in [0.3, 0.4) is 0 Å². The second-order valence-electron chi connectivity index (χ2n) is 4.14. The molecule has 0 aliphatic heterocycles. The molecule has 0 bridgehead atoms. The number of hydrogen-bond donors (Lipinski definition) is 2. The molecule has 0 aromatic heterocycles. The molecule has 0 aliphatic rings. The SMILES string of the molecule is CNC(C)(C)C(=O)Cc1ccc(O)cc1. The van der Waals surface area contributed by atoms with Crippen LogP contribution in [0.2, 0.25) is 0 Å². The first-order valence-corrected chi connectivity index (χ1v) is 4.96. The van der Waals surface area contributed by atoms with Gasteiger partial charge in [-0.3, -0.25) is 4.79 Å². The van der Waals surface area contributed by atoms with Crippen molar-refractivity contribution >= 4 is 5.78 Å². The summed E-state index contributed by atoms with van der Waals surface area (Å²) in [5, 5.41) is 12.1. The highest BCUT2D eigenvalue weighted by atomic mass is 16.3. The van der Waals surface area contributed by atoms with E-state index in [0.717, 1.165) is 5.56 Å². The fourth-order valence-corrected chi connectivity index (χ4v) is 1.16. The minimum absolute atomic E-state index is 0.135. The third-order valence-electron chi connectivity index (χ3n) is 2.62. The van der Waals surface area contributed by atoms with Gasteiger partial charge >= 0.3 is 0 Å². The molecule has 0 unspecified atom stereocenters. The quantitative estimate of drug-likeness (QED) is 0.786. The van der Waals surface area contributed by atoms with Crippen LogP contribution in [0.4, 0.5) is 0 Å². The van der Waals surface area contributed by atoms with Gasteiger partial charge in [0.2, 0.25) is 0 Å². The number of hydrogen-bond acceptors (Lipinski definition) is 3. The van der Waals surface area contributed by atoms with Gasteiger partial charge in [0, 0.05) is 6.42 Å². The van der Waals surface area contributed by atoms with Crippen LogP contribution in [0, 0.1) is 0 Å². The number of ketones is 1. The lowest BCUT2D eigenvalue weighted by Gasteiger charge is -2.22. The number of nitrogens with one attached hydrogen (secondary N) is 1. The van der Waals surface area contributed by atoms with E-state index in [1.54, 1.807) is 31.3 Å². The Morgan fingerprint density at radius 3 is 2.33 bits per heavy atom. The number of phenolic OH excluding ortho intramolecular Hbond substituents is 1. The molecule has 2 N–H and O–H groups in total. The van der Waals surface area contributed by atoms with E-state index in [0.29, 0.717) is 6.42 Å². The lowest BCUT2D eigenvalue weighted by atomic mass is 9.94. The Bertz CT molecular complexity index is 341. The molecule has 82 valence electrons. The summed E-state index contributed by atoms with van der Waals surface area (Å²) in [5.74, 6) is 0.356. The van der Waals surface area contributed by atoms with Crippen molar-refractivity contribution in [1.29, 1.82) is 0 Å². The average molecular weight is 207 g/mol. The number of rotatable bonds is 4. The standard InChI is InChI=1S/C12H17NO2/c1-12(2,13-3)11(15)8-9-4-6-10(14)7-5-9/h4-7,13-14H,8H2,1-3H3. The molecular formula is C12H17NO2. The first kappa shape index (κ1) is 11.7. The topological polar surface area (TPSA) is 49.3 Å². The zero-order valence-electron chi connectivity index (χ0n) is 9.37. The third kappa shape index (κ3) is 3.06. The molecule has 1 rings (SSSR count). The molecule has 0 saturated heterocycles. The molecule has 1 aromatic rings. The molecule has 1 aromatic carbocycles. The largest absolute Gasteiger partial charge is 0.508 e. The summed E-state index contributed by atoms with van der Waals surface area (Å²) in [7, 11) is 1.77. The Morgan fingerprint density at radius 1 is 1.33 bits per heavy atom. The molecule has 0 saturated carbocycles. The van der Waals surface area contributed by atoms with Gasteiger partial charge in [0.25, 0.3) is 0 Å². The Labute approximate surface area is 90.1 Å². The number of phenols is 1. The molecule has 0 amide bonds. The lowest BCUT2D eigenvalue weighted by Crippen LogP contribution is -2.45. The van der Waals surface area contributed by atoms with Gasteiger partial charge in [0.05, 0.1) is 5.54 Å². The first-order valence-electron chi connectivity index (χ1n) is 4.96. The van der Waals surface area contributed by atoms with E-state index in [2.05, 4.69) is 5.32 Å². The number of aromatic hydroxyl groups is 1. The van der Waals surface area contributed by atoms with Crippen molar-refractivity contribution in [3.05, 3.63) is 29.8 Å². The highest BCUT2D eigenvalue weighted by Crippen LogP contribution is 2.13. The minimum Gasteiger partial charge on any atom is -0.508 e. The van der Waals surface area contributed by atoms with Crippen molar-refractivity contribution in [3.63, 3.8) is 0 Å². The van der Waals surface area contributed by atoms with Gasteiger partial charge in [-0.05, 0) is 38.6 Å². The first-order chi connectivity index (χ1) is 6.95. The second kappa shape index (κ2) is 4.45. The number of carbonyl (C=O) groups excluding carboxylic acids is 1. The predicted octanol–water partition coefficient (Wildman–Crippen LogP) is 1.50. The molecule has 3 heteroatoms. The summed E-state index contributed by atoms with van der Waals surface area (Å²) in [6.07, 6.45) is 0.383. The normalized spacial score (nSPS) is 11.4. The maximum absolute atomic E-state index is 11.8. The van der Waals surface area contributed by atoms with Crippen molar-refractivity contribution < 1.29 is 9.90 Å². The van der Waals surface area contributed by atoms with Gasteiger partial charge < -0.3 is 10.4 Å². The fourth-order valence-electron chi connectivity index (χ4n) is 1.16. The fraction of sp³-hybridized carbons (Fsp3) is 0.417. The number of Topliss-reactive ketones (excluding diaryl/α,β-unsaturated/α-hetero) is 1. The van der Waals surface area contributed by atoms with E-state index in [1.165, 1.54) is 0 Å². The molecule has 0 heterocycles. The van der Waals surface area contributed by atoms with Gasteiger partial charge in [-0.15, -0.1) is 0 Å². The number of benzene rings is 1. The summed E-state index contributed by atoms with van der Waals surface area (Å²) in [4.78, 5) is 11.8. The van der Waals surface area contributed by atoms with Gasteiger partial charge in [0.1, 0.15) is 5.75 Å². The molecule has 0 aliphatic carbocycles. The molecule has 0 spiro atoms. The highest BCUT2D eigenvalue weighted by molar-refractivity contribution is 5.89. The van der Waals surface area contributed by atoms with E-state index >= 15 is 0 Å². The number of carbonyl (C=O) groups is 1. The van der Waals surface area contributed by atoms with Gasteiger partial charge in [-0.25, -0.2) is 0 Å². The second-order valence-corrected chi connectivity index (χ2v) is 4.14. The molecule has 15 heavy (non-hydrogen) atoms. The molecule has 3 nitrogen and oxygen atoms in total. The van der Waals surface area contributed by atoms with Crippen LogP contribution in [-0.4, -0.2) is 23.5 Å². The summed E-state index contributed by atoms with van der Waals surface area (Å²) >= 11 is 0. The van der Waals surface area contributed by atoms with Gasteiger partial charge in [-0.2, -0.15) is 0 Å². The number of likely N-dealkylation sites (N-methyl/N-ethyl adjacent to an activating group) is 1. The Balaban J connectivity index is 2.71. The van der Waals surface area contributed by atoms with Gasteiger partial charge in [-0.1, -0.05) is 12.1 Å². The lowest BCUT2D eigenvalue weighted by molar-refractivity contribution is -0.123. The molecule has 0 radical (unpaired) electrons. The van der Waals surface area contributed by atoms with Crippen molar-refractivity contribution in [2.45, 2.75) is 25.8 Å². The third-order valence-corrected chi connectivity index (χ3v) is 2.62. The molecular weight excluding hydrogens is 190 g/mol. The maximum atomic E-state index is 11.8. The van der Waals surface area contributed by atoms with E-state index in [4.69, 9.17) is 5.11 Å². The van der Waals surface area contributed by atoms with Crippen LogP contribution >= 0.6 is 0 Å². The maximum Gasteiger partial charge on any atom is 0.156 e. The van der Waals surface area contributed by atoms with E-state index < -0.39 is 5.54 Å². The van der Waals surface area contributed by atoms with Crippen LogP contribution in [0.15, 0.2) is 24.3 Å². The Hall–Kier alpha value is -1.35. The van der Waals surface area contributed by atoms with Crippen LogP contribution in [0.25, 0.3) is 0 Å². The van der Waals surface area contributed by atoms with Crippen molar-refractivity contribution in [3.8, 4) is 5.75 Å². The highest BCUT2D eigenvalue weighted by Gasteiger charge is 2.24. The van der Waals surface area contributed by atoms with Crippen LogP contribution in [0.5, 0.6) is 5.75 Å². The van der Waals surface area contributed by atoms with E-state index in [9.17, 15) is 4.79 Å². The van der Waals surface area contributed by atoms with Gasteiger partial charge in [0.15, 0.2) is 5.78 Å². The summed E-state index contributed by atoms with van der Waals surface area (Å²) in [5.41, 5.74) is 0.416. The Kier molecular flexibility index (Phi) is 3.48. The minimum atomic E-state index is -0.502. The Morgan fingerprint density at radius 2 is 1.87 bits per heavy atom. The van der Waals surface area contributed by atoms with Crippen molar-refractivity contribution in [2.24, 2.45) is 0 Å². The average Bonchev–Trinajstić information content (AvgIpc) is 2.21. The molecule has 0 fully saturated rings. The van der Waals surface area contributed by atoms with Crippen molar-refractivity contribution in [2.75, 3.05) is 7.05 Å². The molecule has 0 atom stereocenters. The van der Waals surface area contributed by atoms with Crippen molar-refractivity contribution in [1.82, 2.24) is 5.32 Å². The van der Waals surface area contributed by atoms with E-state index in [-0.39, 0.29) is 11.5 Å². The monoisotopic (exact) mass is 207 g/mol. The predicted molar refractivity (Wildman–Crippen MR) is 60.0 cm³/mol. The zero-order chi connectivity index (χ0) is 11.5. The van der Waals surface area contributed by atoms with Crippen LogP contribution in [0.1, 0.15) is 19.4 Å². The summed E-state index contributed by atoms with van der Waals surface area (Å²) in [6.45, 7) is 3.71. The van der Waals surface area contributed by atoms with E-state index in [1.807, 2.05) is 13.8 Å². The van der Waals surface area contributed by atoms with Crippen LogP contribution in [-0.2, 0) is 11.2 Å². The zero-order valence-corrected chi connectivity index (χ0v) is 9.37. The summed E-state index contributed by atoms with van der Waals surface area (Å²) < 4.78 is 0. The smallest absolute Gasteiger partial charge is 0.156 e. The summed E-state index contributed by atoms with van der Waals surface area (Å²) in [6, 6.07) is 6.71.